The van der Waals surface area contributed by atoms with Crippen LogP contribution in [0.5, 0.6) is 17.2 Å². The molecule has 0 saturated heterocycles. The minimum atomic E-state index is -0.466. The van der Waals surface area contributed by atoms with Crippen molar-refractivity contribution in [1.82, 2.24) is 10.6 Å². The number of amides is 2. The quantitative estimate of drug-likeness (QED) is 0.735. The lowest BCUT2D eigenvalue weighted by atomic mass is 10.1. The lowest BCUT2D eigenvalue weighted by molar-refractivity contribution is -0.120. The van der Waals surface area contributed by atoms with E-state index >= 15 is 0 Å². The summed E-state index contributed by atoms with van der Waals surface area (Å²) in [5.74, 6) is -0.145. The molecule has 2 N–H and O–H groups in total. The van der Waals surface area contributed by atoms with Gasteiger partial charge in [0.15, 0.2) is 11.5 Å². The molecule has 2 aromatic rings. The van der Waals surface area contributed by atoms with E-state index in [1.165, 1.54) is 45.6 Å². The minimum absolute atomic E-state index is 0.212. The van der Waals surface area contributed by atoms with Crippen LogP contribution in [0.25, 0.3) is 0 Å². The smallest absolute Gasteiger partial charge is 0.251 e. The molecule has 8 heteroatoms. The van der Waals surface area contributed by atoms with Gasteiger partial charge in [-0.2, -0.15) is 0 Å². The Hall–Kier alpha value is -3.29. The van der Waals surface area contributed by atoms with Crippen LogP contribution in [-0.2, 0) is 11.3 Å². The third-order valence-corrected chi connectivity index (χ3v) is 3.74. The second kappa shape index (κ2) is 9.42. The van der Waals surface area contributed by atoms with E-state index in [4.69, 9.17) is 14.2 Å². The van der Waals surface area contributed by atoms with Gasteiger partial charge in [-0.25, -0.2) is 4.39 Å². The molecule has 27 heavy (non-hydrogen) atoms. The van der Waals surface area contributed by atoms with Crippen molar-refractivity contribution in [2.45, 2.75) is 6.54 Å². The Morgan fingerprint density at radius 2 is 1.52 bits per heavy atom. The molecule has 0 fully saturated rings. The molecule has 0 spiro atoms. The van der Waals surface area contributed by atoms with Crippen molar-refractivity contribution in [3.8, 4) is 17.2 Å². The number of hydrogen-bond acceptors (Lipinski definition) is 5. The van der Waals surface area contributed by atoms with E-state index in [1.54, 1.807) is 12.1 Å². The standard InChI is InChI=1S/C19H21FN2O5/c1-25-15-8-13(9-16(26-2)18(15)27-3)19(24)22-11-17(23)21-10-12-4-6-14(20)7-5-12/h4-9H,10-11H2,1-3H3,(H,21,23)(H,22,24). The summed E-state index contributed by atoms with van der Waals surface area (Å²) in [4.78, 5) is 24.2. The molecule has 0 saturated carbocycles. The van der Waals surface area contributed by atoms with Gasteiger partial charge in [0.2, 0.25) is 11.7 Å². The lowest BCUT2D eigenvalue weighted by Crippen LogP contribution is -2.36. The molecule has 144 valence electrons. The predicted octanol–water partition coefficient (Wildman–Crippen LogP) is 1.90. The van der Waals surface area contributed by atoms with E-state index in [-0.39, 0.29) is 30.4 Å². The van der Waals surface area contributed by atoms with E-state index in [0.717, 1.165) is 5.56 Å². The summed E-state index contributed by atoms with van der Waals surface area (Å²) in [5, 5.41) is 5.16. The molecule has 0 radical (unpaired) electrons. The van der Waals surface area contributed by atoms with Crippen LogP contribution in [0.1, 0.15) is 15.9 Å². The summed E-state index contributed by atoms with van der Waals surface area (Å²) in [6.45, 7) is 0.0237. The van der Waals surface area contributed by atoms with E-state index in [1.807, 2.05) is 0 Å². The SMILES string of the molecule is COc1cc(C(=O)NCC(=O)NCc2ccc(F)cc2)cc(OC)c1OC. The molecule has 0 unspecified atom stereocenters. The molecule has 7 nitrogen and oxygen atoms in total. The first-order chi connectivity index (χ1) is 13.0. The first kappa shape index (κ1) is 20.0. The van der Waals surface area contributed by atoms with Crippen molar-refractivity contribution >= 4 is 11.8 Å². The van der Waals surface area contributed by atoms with E-state index in [2.05, 4.69) is 10.6 Å². The number of nitrogens with one attached hydrogen (secondary N) is 2. The molecule has 0 bridgehead atoms. The average Bonchev–Trinajstić information content (AvgIpc) is 2.70. The van der Waals surface area contributed by atoms with Crippen molar-refractivity contribution in [2.24, 2.45) is 0 Å². The van der Waals surface area contributed by atoms with Gasteiger partial charge >= 0.3 is 0 Å². The van der Waals surface area contributed by atoms with Crippen molar-refractivity contribution in [1.29, 1.82) is 0 Å². The molecule has 2 rings (SSSR count). The van der Waals surface area contributed by atoms with E-state index in [0.29, 0.717) is 17.2 Å². The summed E-state index contributed by atoms with van der Waals surface area (Å²) in [5.41, 5.74) is 1.01. The number of halogens is 1. The maximum atomic E-state index is 12.9. The highest BCUT2D eigenvalue weighted by Crippen LogP contribution is 2.38. The Morgan fingerprint density at radius 3 is 2.04 bits per heavy atom. The van der Waals surface area contributed by atoms with Gasteiger partial charge in [-0.3, -0.25) is 9.59 Å². The average molecular weight is 376 g/mol. The fourth-order valence-electron chi connectivity index (χ4n) is 2.34. The Morgan fingerprint density at radius 1 is 0.926 bits per heavy atom. The van der Waals surface area contributed by atoms with Gasteiger partial charge in [-0.05, 0) is 29.8 Å². The predicted molar refractivity (Wildman–Crippen MR) is 96.7 cm³/mol. The van der Waals surface area contributed by atoms with Crippen molar-refractivity contribution < 1.29 is 28.2 Å². The fourth-order valence-corrected chi connectivity index (χ4v) is 2.34. The van der Waals surface area contributed by atoms with Crippen molar-refractivity contribution in [2.75, 3.05) is 27.9 Å². The molecular weight excluding hydrogens is 355 g/mol. The van der Waals surface area contributed by atoms with Gasteiger partial charge in [0.05, 0.1) is 27.9 Å². The number of ether oxygens (including phenoxy) is 3. The first-order valence-electron chi connectivity index (χ1n) is 8.07. The number of carbonyl (C=O) groups excluding carboxylic acids is 2. The molecule has 0 aliphatic rings. The van der Waals surface area contributed by atoms with E-state index in [9.17, 15) is 14.0 Å². The van der Waals surface area contributed by atoms with E-state index < -0.39 is 5.91 Å². The topological polar surface area (TPSA) is 85.9 Å². The van der Waals surface area contributed by atoms with Crippen molar-refractivity contribution in [3.63, 3.8) is 0 Å². The van der Waals surface area contributed by atoms with Crippen LogP contribution >= 0.6 is 0 Å². The number of benzene rings is 2. The van der Waals surface area contributed by atoms with Crippen LogP contribution in [0, 0.1) is 5.82 Å². The van der Waals surface area contributed by atoms with Crippen LogP contribution in [0.4, 0.5) is 4.39 Å². The Labute approximate surface area is 156 Å². The molecule has 0 atom stereocenters. The molecule has 2 aromatic carbocycles. The summed E-state index contributed by atoms with van der Waals surface area (Å²) in [7, 11) is 4.36. The normalized spacial score (nSPS) is 10.1. The van der Waals surface area contributed by atoms with Crippen LogP contribution in [0.3, 0.4) is 0 Å². The first-order valence-corrected chi connectivity index (χ1v) is 8.07. The Kier molecular flexibility index (Phi) is 6.99. The molecule has 0 heterocycles. The minimum Gasteiger partial charge on any atom is -0.493 e. The molecule has 2 amide bonds. The number of rotatable bonds is 8. The zero-order chi connectivity index (χ0) is 19.8. The third kappa shape index (κ3) is 5.34. The highest BCUT2D eigenvalue weighted by Gasteiger charge is 2.17. The summed E-state index contributed by atoms with van der Waals surface area (Å²) in [6, 6.07) is 8.76. The third-order valence-electron chi connectivity index (χ3n) is 3.74. The maximum Gasteiger partial charge on any atom is 0.251 e. The molecule has 0 aliphatic heterocycles. The highest BCUT2D eigenvalue weighted by atomic mass is 19.1. The largest absolute Gasteiger partial charge is 0.493 e. The van der Waals surface area contributed by atoms with Gasteiger partial charge in [0.1, 0.15) is 5.82 Å². The monoisotopic (exact) mass is 376 g/mol. The van der Waals surface area contributed by atoms with Gasteiger partial charge in [-0.15, -0.1) is 0 Å². The molecular formula is C19H21FN2O5. The number of hydrogen-bond donors (Lipinski definition) is 2. The van der Waals surface area contributed by atoms with Crippen LogP contribution in [0.2, 0.25) is 0 Å². The van der Waals surface area contributed by atoms with Gasteiger partial charge in [-0.1, -0.05) is 12.1 Å². The Bertz CT molecular complexity index is 783. The second-order valence-electron chi connectivity index (χ2n) is 5.50. The van der Waals surface area contributed by atoms with Crippen molar-refractivity contribution in [3.05, 3.63) is 53.3 Å². The van der Waals surface area contributed by atoms with Gasteiger partial charge in [0, 0.05) is 12.1 Å². The second-order valence-corrected chi connectivity index (χ2v) is 5.50. The fraction of sp³-hybridized carbons (Fsp3) is 0.263. The summed E-state index contributed by atoms with van der Waals surface area (Å²) in [6.07, 6.45) is 0. The maximum absolute atomic E-state index is 12.9. The molecule has 0 aliphatic carbocycles. The summed E-state index contributed by atoms with van der Waals surface area (Å²) >= 11 is 0. The summed E-state index contributed by atoms with van der Waals surface area (Å²) < 4.78 is 28.5. The lowest BCUT2D eigenvalue weighted by Gasteiger charge is -2.14. The number of carbonyl (C=O) groups is 2. The highest BCUT2D eigenvalue weighted by molar-refractivity contribution is 5.97. The zero-order valence-corrected chi connectivity index (χ0v) is 15.3. The Balaban J connectivity index is 1.94. The van der Waals surface area contributed by atoms with Crippen LogP contribution < -0.4 is 24.8 Å². The van der Waals surface area contributed by atoms with Crippen LogP contribution in [-0.4, -0.2) is 39.7 Å². The van der Waals surface area contributed by atoms with Gasteiger partial charge in [0.25, 0.3) is 5.91 Å². The zero-order valence-electron chi connectivity index (χ0n) is 15.3. The number of methoxy groups -OCH3 is 3. The van der Waals surface area contributed by atoms with Gasteiger partial charge < -0.3 is 24.8 Å². The van der Waals surface area contributed by atoms with Crippen LogP contribution in [0.15, 0.2) is 36.4 Å². The molecule has 0 aromatic heterocycles.